The Balaban J connectivity index is 2.19. The normalized spacial score (nSPS) is 10.3. The van der Waals surface area contributed by atoms with Crippen LogP contribution in [-0.2, 0) is 6.54 Å². The average molecular weight is 263 g/mol. The standard InChI is InChI=1S/C12H13N3O2S/c1-8-6-11(15(16)17)9(2)5-10(8)14-7-12-13-3-4-18-12/h3-6,14H,7H2,1-2H3. The van der Waals surface area contributed by atoms with E-state index in [-0.39, 0.29) is 10.6 Å². The number of hydrogen-bond donors (Lipinski definition) is 1. The van der Waals surface area contributed by atoms with E-state index in [1.165, 1.54) is 0 Å². The maximum absolute atomic E-state index is 10.8. The van der Waals surface area contributed by atoms with E-state index in [1.54, 1.807) is 36.6 Å². The Labute approximate surface area is 109 Å². The molecule has 0 spiro atoms. The number of nitrogens with one attached hydrogen (secondary N) is 1. The van der Waals surface area contributed by atoms with Crippen molar-refractivity contribution < 1.29 is 4.92 Å². The maximum Gasteiger partial charge on any atom is 0.272 e. The van der Waals surface area contributed by atoms with Gasteiger partial charge in [0.1, 0.15) is 5.01 Å². The lowest BCUT2D eigenvalue weighted by Gasteiger charge is -2.09. The van der Waals surface area contributed by atoms with E-state index < -0.39 is 0 Å². The number of hydrogen-bond acceptors (Lipinski definition) is 5. The van der Waals surface area contributed by atoms with Crippen molar-refractivity contribution >= 4 is 22.7 Å². The third-order valence-electron chi connectivity index (χ3n) is 2.65. The summed E-state index contributed by atoms with van der Waals surface area (Å²) in [6.07, 6.45) is 1.76. The van der Waals surface area contributed by atoms with Gasteiger partial charge in [0, 0.05) is 28.9 Å². The van der Waals surface area contributed by atoms with Gasteiger partial charge in [-0.2, -0.15) is 0 Å². The van der Waals surface area contributed by atoms with Crippen LogP contribution < -0.4 is 5.32 Å². The van der Waals surface area contributed by atoms with Gasteiger partial charge in [0.25, 0.3) is 5.69 Å². The Morgan fingerprint density at radius 1 is 1.39 bits per heavy atom. The number of benzene rings is 1. The van der Waals surface area contributed by atoms with Crippen molar-refractivity contribution in [2.24, 2.45) is 0 Å². The minimum Gasteiger partial charge on any atom is -0.378 e. The van der Waals surface area contributed by atoms with Crippen molar-refractivity contribution in [3.8, 4) is 0 Å². The van der Waals surface area contributed by atoms with E-state index in [9.17, 15) is 10.1 Å². The van der Waals surface area contributed by atoms with E-state index in [0.29, 0.717) is 12.1 Å². The minimum atomic E-state index is -0.354. The summed E-state index contributed by atoms with van der Waals surface area (Å²) >= 11 is 1.58. The Morgan fingerprint density at radius 2 is 2.17 bits per heavy atom. The summed E-state index contributed by atoms with van der Waals surface area (Å²) in [4.78, 5) is 14.6. The molecule has 0 atom stereocenters. The second-order valence-corrected chi connectivity index (χ2v) is 4.97. The van der Waals surface area contributed by atoms with Gasteiger partial charge in [-0.05, 0) is 25.5 Å². The maximum atomic E-state index is 10.8. The zero-order valence-electron chi connectivity index (χ0n) is 10.1. The predicted molar refractivity (Wildman–Crippen MR) is 72.0 cm³/mol. The molecule has 0 aliphatic rings. The van der Waals surface area contributed by atoms with Crippen LogP contribution in [0.5, 0.6) is 0 Å². The van der Waals surface area contributed by atoms with Gasteiger partial charge < -0.3 is 5.32 Å². The highest BCUT2D eigenvalue weighted by Gasteiger charge is 2.13. The SMILES string of the molecule is Cc1cc([N+](=O)[O-])c(C)cc1NCc1nccs1. The molecule has 0 radical (unpaired) electrons. The van der Waals surface area contributed by atoms with Crippen LogP contribution in [0.25, 0.3) is 0 Å². The molecule has 0 saturated heterocycles. The van der Waals surface area contributed by atoms with Gasteiger partial charge in [-0.3, -0.25) is 10.1 Å². The number of nitro groups is 1. The van der Waals surface area contributed by atoms with Crippen molar-refractivity contribution in [2.45, 2.75) is 20.4 Å². The first kappa shape index (κ1) is 12.5. The van der Waals surface area contributed by atoms with Gasteiger partial charge in [-0.15, -0.1) is 11.3 Å². The molecular formula is C12H13N3O2S. The van der Waals surface area contributed by atoms with Gasteiger partial charge in [0.15, 0.2) is 0 Å². The van der Waals surface area contributed by atoms with Gasteiger partial charge in [0.2, 0.25) is 0 Å². The van der Waals surface area contributed by atoms with Crippen LogP contribution in [0.3, 0.4) is 0 Å². The molecule has 18 heavy (non-hydrogen) atoms. The molecule has 2 rings (SSSR count). The zero-order valence-corrected chi connectivity index (χ0v) is 11.0. The summed E-state index contributed by atoms with van der Waals surface area (Å²) in [6, 6.07) is 3.40. The number of aryl methyl sites for hydroxylation is 2. The lowest BCUT2D eigenvalue weighted by atomic mass is 10.1. The topological polar surface area (TPSA) is 68.1 Å². The van der Waals surface area contributed by atoms with E-state index in [1.807, 2.05) is 12.3 Å². The monoisotopic (exact) mass is 263 g/mol. The molecule has 0 fully saturated rings. The minimum absolute atomic E-state index is 0.160. The summed E-state index contributed by atoms with van der Waals surface area (Å²) in [5.74, 6) is 0. The van der Waals surface area contributed by atoms with Crippen LogP contribution in [0.2, 0.25) is 0 Å². The molecule has 1 N–H and O–H groups in total. The summed E-state index contributed by atoms with van der Waals surface area (Å²) in [5.41, 5.74) is 2.59. The van der Waals surface area contributed by atoms with E-state index in [2.05, 4.69) is 10.3 Å². The Hall–Kier alpha value is -1.95. The smallest absolute Gasteiger partial charge is 0.272 e. The predicted octanol–water partition coefficient (Wildman–Crippen LogP) is 3.28. The van der Waals surface area contributed by atoms with Crippen molar-refractivity contribution in [3.63, 3.8) is 0 Å². The number of nitrogens with zero attached hydrogens (tertiary/aromatic N) is 2. The quantitative estimate of drug-likeness (QED) is 0.679. The van der Waals surface area contributed by atoms with E-state index in [0.717, 1.165) is 16.3 Å². The van der Waals surface area contributed by atoms with E-state index >= 15 is 0 Å². The molecule has 1 aromatic heterocycles. The zero-order chi connectivity index (χ0) is 13.1. The molecule has 6 heteroatoms. The van der Waals surface area contributed by atoms with Crippen molar-refractivity contribution in [1.29, 1.82) is 0 Å². The first-order valence-electron chi connectivity index (χ1n) is 5.46. The van der Waals surface area contributed by atoms with Gasteiger partial charge >= 0.3 is 0 Å². The molecule has 0 aliphatic carbocycles. The molecule has 0 saturated carbocycles. The number of rotatable bonds is 4. The Morgan fingerprint density at radius 3 is 2.78 bits per heavy atom. The van der Waals surface area contributed by atoms with Crippen molar-refractivity contribution in [1.82, 2.24) is 4.98 Å². The molecule has 5 nitrogen and oxygen atoms in total. The van der Waals surface area contributed by atoms with E-state index in [4.69, 9.17) is 0 Å². The average Bonchev–Trinajstić information content (AvgIpc) is 2.82. The van der Waals surface area contributed by atoms with Crippen LogP contribution in [0.15, 0.2) is 23.7 Å². The van der Waals surface area contributed by atoms with Crippen molar-refractivity contribution in [3.05, 3.63) is 50.0 Å². The largest absolute Gasteiger partial charge is 0.378 e. The molecule has 0 aliphatic heterocycles. The highest BCUT2D eigenvalue weighted by atomic mass is 32.1. The lowest BCUT2D eigenvalue weighted by molar-refractivity contribution is -0.385. The number of aromatic nitrogens is 1. The first-order valence-corrected chi connectivity index (χ1v) is 6.34. The fourth-order valence-electron chi connectivity index (χ4n) is 1.70. The molecule has 0 amide bonds. The van der Waals surface area contributed by atoms with Crippen LogP contribution in [0.4, 0.5) is 11.4 Å². The fourth-order valence-corrected chi connectivity index (χ4v) is 2.26. The summed E-state index contributed by atoms with van der Waals surface area (Å²) in [6.45, 7) is 4.23. The summed E-state index contributed by atoms with van der Waals surface area (Å²) in [5, 5.41) is 17.0. The first-order chi connectivity index (χ1) is 8.58. The number of nitro benzene ring substituents is 1. The molecule has 0 unspecified atom stereocenters. The van der Waals surface area contributed by atoms with Crippen LogP contribution in [0.1, 0.15) is 16.1 Å². The second-order valence-electron chi connectivity index (χ2n) is 3.99. The van der Waals surface area contributed by atoms with Gasteiger partial charge in [-0.25, -0.2) is 4.98 Å². The van der Waals surface area contributed by atoms with Crippen LogP contribution >= 0.6 is 11.3 Å². The molecule has 0 bridgehead atoms. The molecule has 1 heterocycles. The second kappa shape index (κ2) is 5.14. The van der Waals surface area contributed by atoms with Crippen LogP contribution in [0, 0.1) is 24.0 Å². The molecule has 94 valence electrons. The fraction of sp³-hybridized carbons (Fsp3) is 0.250. The van der Waals surface area contributed by atoms with Gasteiger partial charge in [-0.1, -0.05) is 0 Å². The summed E-state index contributed by atoms with van der Waals surface area (Å²) in [7, 11) is 0. The third-order valence-corrected chi connectivity index (χ3v) is 3.43. The van der Waals surface area contributed by atoms with Crippen molar-refractivity contribution in [2.75, 3.05) is 5.32 Å². The molecule has 1 aromatic carbocycles. The number of anilines is 1. The molecule has 2 aromatic rings. The lowest BCUT2D eigenvalue weighted by Crippen LogP contribution is -2.02. The highest BCUT2D eigenvalue weighted by molar-refractivity contribution is 7.09. The Bertz CT molecular complexity index is 567. The molecular weight excluding hydrogens is 250 g/mol. The van der Waals surface area contributed by atoms with Crippen LogP contribution in [-0.4, -0.2) is 9.91 Å². The third kappa shape index (κ3) is 2.65. The van der Waals surface area contributed by atoms with Gasteiger partial charge in [0.05, 0.1) is 11.5 Å². The summed E-state index contributed by atoms with van der Waals surface area (Å²) < 4.78 is 0. The number of thiazole rings is 1. The Kier molecular flexibility index (Phi) is 3.57. The highest BCUT2D eigenvalue weighted by Crippen LogP contribution is 2.26.